The van der Waals surface area contributed by atoms with E-state index < -0.39 is 16.8 Å². The van der Waals surface area contributed by atoms with Crippen molar-refractivity contribution < 1.29 is 13.2 Å². The predicted molar refractivity (Wildman–Crippen MR) is 80.6 cm³/mol. The maximum Gasteiger partial charge on any atom is 0.417 e. The van der Waals surface area contributed by atoms with Gasteiger partial charge in [0.2, 0.25) is 0 Å². The van der Waals surface area contributed by atoms with Crippen molar-refractivity contribution in [2.24, 2.45) is 0 Å². The van der Waals surface area contributed by atoms with Gasteiger partial charge in [0.05, 0.1) is 21.3 Å². The Hall–Kier alpha value is -1.66. The van der Waals surface area contributed by atoms with Crippen LogP contribution in [0, 0.1) is 0 Å². The van der Waals surface area contributed by atoms with Gasteiger partial charge in [-0.2, -0.15) is 13.2 Å². The molecule has 0 saturated carbocycles. The van der Waals surface area contributed by atoms with Crippen LogP contribution in [0.25, 0.3) is 0 Å². The third-order valence-corrected chi connectivity index (χ3v) is 3.32. The highest BCUT2D eigenvalue weighted by Gasteiger charge is 2.33. The van der Waals surface area contributed by atoms with Crippen molar-refractivity contribution in [1.29, 1.82) is 0 Å². The lowest BCUT2D eigenvalue weighted by Gasteiger charge is -2.14. The van der Waals surface area contributed by atoms with Gasteiger partial charge >= 0.3 is 6.18 Å². The van der Waals surface area contributed by atoms with E-state index in [1.165, 1.54) is 12.1 Å². The first-order chi connectivity index (χ1) is 9.88. The number of anilines is 1. The number of rotatable bonds is 3. The second-order valence-corrected chi connectivity index (χ2v) is 5.12. The Morgan fingerprint density at radius 3 is 2.62 bits per heavy atom. The molecule has 110 valence electrons. The van der Waals surface area contributed by atoms with Gasteiger partial charge in [-0.1, -0.05) is 36.0 Å². The van der Waals surface area contributed by atoms with Crippen molar-refractivity contribution >= 4 is 34.5 Å². The molecule has 0 aliphatic carbocycles. The quantitative estimate of drug-likeness (QED) is 0.823. The summed E-state index contributed by atoms with van der Waals surface area (Å²) < 4.78 is 38.3. The summed E-state index contributed by atoms with van der Waals surface area (Å²) >= 11 is 10.9. The van der Waals surface area contributed by atoms with Crippen LogP contribution in [-0.4, -0.2) is 9.97 Å². The van der Waals surface area contributed by atoms with Crippen molar-refractivity contribution in [3.8, 4) is 0 Å². The van der Waals surface area contributed by atoms with E-state index in [0.29, 0.717) is 11.4 Å². The first-order valence-electron chi connectivity index (χ1n) is 5.92. The van der Waals surface area contributed by atoms with Crippen LogP contribution in [0.15, 0.2) is 42.7 Å². The van der Waals surface area contributed by atoms with Crippen LogP contribution in [0.2, 0.25) is 5.02 Å². The maximum atomic E-state index is 12.8. The zero-order chi connectivity index (χ0) is 15.5. The number of hydrogen-bond donors (Lipinski definition) is 1. The van der Waals surface area contributed by atoms with Crippen LogP contribution in [0.5, 0.6) is 0 Å². The fourth-order valence-electron chi connectivity index (χ4n) is 1.73. The fourth-order valence-corrected chi connectivity index (χ4v) is 2.29. The lowest BCUT2D eigenvalue weighted by Crippen LogP contribution is -2.14. The van der Waals surface area contributed by atoms with E-state index in [-0.39, 0.29) is 5.69 Å². The van der Waals surface area contributed by atoms with E-state index in [1.54, 1.807) is 18.5 Å². The molecule has 2 nitrogen and oxygen atoms in total. The molecule has 0 aliphatic rings. The molecule has 0 saturated heterocycles. The molecule has 0 radical (unpaired) electrons. The van der Waals surface area contributed by atoms with E-state index in [4.69, 9.17) is 23.8 Å². The molecule has 1 aromatic carbocycles. The number of pyridine rings is 1. The molecule has 2 rings (SSSR count). The summed E-state index contributed by atoms with van der Waals surface area (Å²) in [7, 11) is 0. The van der Waals surface area contributed by atoms with E-state index in [9.17, 15) is 13.2 Å². The monoisotopic (exact) mass is 330 g/mol. The fraction of sp³-hybridized carbons (Fsp3) is 0.143. The van der Waals surface area contributed by atoms with Crippen LogP contribution in [-0.2, 0) is 12.6 Å². The van der Waals surface area contributed by atoms with Crippen LogP contribution in [0.1, 0.15) is 11.1 Å². The van der Waals surface area contributed by atoms with E-state index in [1.807, 2.05) is 6.07 Å². The van der Waals surface area contributed by atoms with Gasteiger partial charge in [0.15, 0.2) is 0 Å². The first-order valence-corrected chi connectivity index (χ1v) is 6.71. The highest BCUT2D eigenvalue weighted by atomic mass is 35.5. The van der Waals surface area contributed by atoms with Crippen LogP contribution in [0.3, 0.4) is 0 Å². The molecule has 7 heteroatoms. The van der Waals surface area contributed by atoms with Gasteiger partial charge < -0.3 is 5.32 Å². The lowest BCUT2D eigenvalue weighted by atomic mass is 10.1. The molecule has 0 bridgehead atoms. The molecule has 1 N–H and O–H groups in total. The van der Waals surface area contributed by atoms with Gasteiger partial charge in [0, 0.05) is 18.8 Å². The summed E-state index contributed by atoms with van der Waals surface area (Å²) in [5, 5.41) is 2.35. The molecule has 21 heavy (non-hydrogen) atoms. The third kappa shape index (κ3) is 4.15. The molecule has 2 aromatic rings. The van der Waals surface area contributed by atoms with E-state index in [0.717, 1.165) is 11.6 Å². The van der Waals surface area contributed by atoms with E-state index >= 15 is 0 Å². The average Bonchev–Trinajstić information content (AvgIpc) is 2.41. The number of nitrogens with zero attached hydrogens (tertiary/aromatic N) is 1. The summed E-state index contributed by atoms with van der Waals surface area (Å²) in [6.07, 6.45) is -0.860. The minimum atomic E-state index is -4.50. The number of halogens is 4. The molecule has 0 atom stereocenters. The highest BCUT2D eigenvalue weighted by molar-refractivity contribution is 7.80. The summed E-state index contributed by atoms with van der Waals surface area (Å²) in [4.78, 5) is 4.31. The molecule has 0 spiro atoms. The Morgan fingerprint density at radius 1 is 1.24 bits per heavy atom. The normalized spacial score (nSPS) is 11.2. The molecule has 0 aliphatic heterocycles. The zero-order valence-electron chi connectivity index (χ0n) is 10.6. The van der Waals surface area contributed by atoms with Crippen molar-refractivity contribution in [1.82, 2.24) is 4.98 Å². The van der Waals surface area contributed by atoms with Crippen molar-refractivity contribution in [3.63, 3.8) is 0 Å². The Kier molecular flexibility index (Phi) is 4.80. The highest BCUT2D eigenvalue weighted by Crippen LogP contribution is 2.38. The Morgan fingerprint density at radius 2 is 2.00 bits per heavy atom. The standard InChI is InChI=1S/C14H10ClF3N2S/c15-13-10(14(16,17)18)4-1-5-11(13)20-12(21)7-9-3-2-6-19-8-9/h1-6,8H,7H2,(H,20,21). The number of alkyl halides is 3. The number of aromatic nitrogens is 1. The zero-order valence-corrected chi connectivity index (χ0v) is 12.2. The second kappa shape index (κ2) is 6.41. The SMILES string of the molecule is FC(F)(F)c1cccc(NC(=S)Cc2cccnc2)c1Cl. The van der Waals surface area contributed by atoms with Gasteiger partial charge in [0.25, 0.3) is 0 Å². The molecule has 0 fully saturated rings. The Balaban J connectivity index is 2.15. The molecular weight excluding hydrogens is 321 g/mol. The smallest absolute Gasteiger partial charge is 0.349 e. The molecule has 1 heterocycles. The van der Waals surface area contributed by atoms with E-state index in [2.05, 4.69) is 10.3 Å². The molecule has 0 unspecified atom stereocenters. The third-order valence-electron chi connectivity index (χ3n) is 2.67. The Labute approximate surface area is 130 Å². The molecule has 0 amide bonds. The van der Waals surface area contributed by atoms with Crippen molar-refractivity contribution in [2.75, 3.05) is 5.32 Å². The molecule has 1 aromatic heterocycles. The van der Waals surface area contributed by atoms with Gasteiger partial charge in [0.1, 0.15) is 0 Å². The van der Waals surface area contributed by atoms with Gasteiger partial charge in [-0.05, 0) is 23.8 Å². The number of nitrogens with one attached hydrogen (secondary N) is 1. The lowest BCUT2D eigenvalue weighted by molar-refractivity contribution is -0.137. The summed E-state index contributed by atoms with van der Waals surface area (Å²) in [6, 6.07) is 7.25. The maximum absolute atomic E-state index is 12.8. The predicted octanol–water partition coefficient (Wildman–Crippen LogP) is 4.74. The molecular formula is C14H10ClF3N2S. The van der Waals surface area contributed by atoms with Gasteiger partial charge in [-0.15, -0.1) is 0 Å². The van der Waals surface area contributed by atoms with Gasteiger partial charge in [-0.3, -0.25) is 4.98 Å². The summed E-state index contributed by atoms with van der Waals surface area (Å²) in [5.41, 5.74) is 0.108. The number of thiocarbonyl (C=S) groups is 1. The first kappa shape index (κ1) is 15.7. The topological polar surface area (TPSA) is 24.9 Å². The second-order valence-electron chi connectivity index (χ2n) is 4.25. The summed E-state index contributed by atoms with van der Waals surface area (Å²) in [6.45, 7) is 0. The van der Waals surface area contributed by atoms with Crippen molar-refractivity contribution in [2.45, 2.75) is 12.6 Å². The number of benzene rings is 1. The van der Waals surface area contributed by atoms with Gasteiger partial charge in [-0.25, -0.2) is 0 Å². The Bertz CT molecular complexity index is 644. The largest absolute Gasteiger partial charge is 0.417 e. The average molecular weight is 331 g/mol. The minimum Gasteiger partial charge on any atom is -0.349 e. The van der Waals surface area contributed by atoms with Crippen LogP contribution < -0.4 is 5.32 Å². The van der Waals surface area contributed by atoms with Crippen LogP contribution >= 0.6 is 23.8 Å². The minimum absolute atomic E-state index is 0.139. The van der Waals surface area contributed by atoms with Crippen molar-refractivity contribution in [3.05, 3.63) is 58.9 Å². The van der Waals surface area contributed by atoms with Crippen LogP contribution in [0.4, 0.5) is 18.9 Å². The summed E-state index contributed by atoms with van der Waals surface area (Å²) in [5.74, 6) is 0. The number of hydrogen-bond acceptors (Lipinski definition) is 2.